The molecule has 0 aliphatic rings. The van der Waals surface area contributed by atoms with Gasteiger partial charge in [0.25, 0.3) is 0 Å². The fourth-order valence-electron chi connectivity index (χ4n) is 3.18. The van der Waals surface area contributed by atoms with E-state index in [-0.39, 0.29) is 11.9 Å². The van der Waals surface area contributed by atoms with Gasteiger partial charge in [-0.05, 0) is 63.1 Å². The molecule has 0 aromatic heterocycles. The van der Waals surface area contributed by atoms with Crippen LogP contribution in [0, 0.1) is 13.8 Å². The SMILES string of the molecule is COc1ccc(N([C@@H](C)C(=O)N[C@@H](C)c2cc(C)ccc2C)S(C)(=O)=O)cc1. The lowest BCUT2D eigenvalue weighted by atomic mass is 10.00. The fourth-order valence-corrected chi connectivity index (χ4v) is 4.35. The molecule has 0 saturated heterocycles. The maximum absolute atomic E-state index is 12.9. The van der Waals surface area contributed by atoms with Crippen molar-refractivity contribution >= 4 is 21.6 Å². The number of aryl methyl sites for hydroxylation is 2. The molecule has 2 aromatic carbocycles. The Kier molecular flexibility index (Phi) is 6.72. The van der Waals surface area contributed by atoms with Crippen LogP contribution in [0.4, 0.5) is 5.69 Å². The van der Waals surface area contributed by atoms with E-state index in [9.17, 15) is 13.2 Å². The number of anilines is 1. The van der Waals surface area contributed by atoms with Gasteiger partial charge in [-0.1, -0.05) is 23.8 Å². The smallest absolute Gasteiger partial charge is 0.244 e. The van der Waals surface area contributed by atoms with Crippen LogP contribution in [0.15, 0.2) is 42.5 Å². The molecule has 28 heavy (non-hydrogen) atoms. The summed E-state index contributed by atoms with van der Waals surface area (Å²) in [6.07, 6.45) is 1.09. The van der Waals surface area contributed by atoms with E-state index in [1.54, 1.807) is 31.2 Å². The topological polar surface area (TPSA) is 75.7 Å². The summed E-state index contributed by atoms with van der Waals surface area (Å²) in [4.78, 5) is 12.9. The van der Waals surface area contributed by atoms with Gasteiger partial charge in [0.05, 0.1) is 25.1 Å². The van der Waals surface area contributed by atoms with Gasteiger partial charge in [0.2, 0.25) is 15.9 Å². The van der Waals surface area contributed by atoms with Crippen LogP contribution in [0.5, 0.6) is 5.75 Å². The molecule has 0 saturated carbocycles. The number of benzene rings is 2. The molecule has 0 aliphatic carbocycles. The molecule has 0 fully saturated rings. The number of methoxy groups -OCH3 is 1. The molecule has 2 rings (SSSR count). The molecule has 0 spiro atoms. The first-order valence-corrected chi connectivity index (χ1v) is 10.9. The van der Waals surface area contributed by atoms with Crippen molar-refractivity contribution in [2.45, 2.75) is 39.8 Å². The van der Waals surface area contributed by atoms with E-state index in [4.69, 9.17) is 4.74 Å². The van der Waals surface area contributed by atoms with Crippen molar-refractivity contribution in [2.75, 3.05) is 17.7 Å². The second-order valence-electron chi connectivity index (χ2n) is 7.02. The first-order valence-electron chi connectivity index (χ1n) is 9.05. The number of sulfonamides is 1. The van der Waals surface area contributed by atoms with E-state index in [1.807, 2.05) is 39.0 Å². The minimum Gasteiger partial charge on any atom is -0.497 e. The van der Waals surface area contributed by atoms with Crippen LogP contribution in [0.2, 0.25) is 0 Å². The van der Waals surface area contributed by atoms with Crippen molar-refractivity contribution in [3.05, 3.63) is 59.2 Å². The Hall–Kier alpha value is -2.54. The predicted octanol–water partition coefficient (Wildman–Crippen LogP) is 3.34. The lowest BCUT2D eigenvalue weighted by Crippen LogP contribution is -2.48. The van der Waals surface area contributed by atoms with E-state index >= 15 is 0 Å². The normalized spacial score (nSPS) is 13.5. The van der Waals surface area contributed by atoms with Gasteiger partial charge in [0, 0.05) is 0 Å². The Morgan fingerprint density at radius 3 is 2.21 bits per heavy atom. The van der Waals surface area contributed by atoms with E-state index in [1.165, 1.54) is 7.11 Å². The molecular weight excluding hydrogens is 376 g/mol. The molecule has 7 heteroatoms. The third-order valence-corrected chi connectivity index (χ3v) is 5.92. The number of hydrogen-bond donors (Lipinski definition) is 1. The van der Waals surface area contributed by atoms with Crippen LogP contribution in [0.3, 0.4) is 0 Å². The first-order chi connectivity index (χ1) is 13.0. The van der Waals surface area contributed by atoms with Gasteiger partial charge in [0.15, 0.2) is 0 Å². The Balaban J connectivity index is 2.27. The van der Waals surface area contributed by atoms with Crippen LogP contribution in [0.25, 0.3) is 0 Å². The molecule has 1 amide bonds. The third-order valence-electron chi connectivity index (χ3n) is 4.68. The highest BCUT2D eigenvalue weighted by Gasteiger charge is 2.30. The standard InChI is InChI=1S/C21H28N2O4S/c1-14-7-8-15(2)20(13-14)16(3)22-21(24)17(4)23(28(6,25)26)18-9-11-19(27-5)12-10-18/h7-13,16-17H,1-6H3,(H,22,24)/t16-,17-/m0/s1. The van der Waals surface area contributed by atoms with Crippen LogP contribution < -0.4 is 14.4 Å². The van der Waals surface area contributed by atoms with E-state index in [0.29, 0.717) is 11.4 Å². The van der Waals surface area contributed by atoms with Gasteiger partial charge in [-0.3, -0.25) is 9.10 Å². The number of nitrogens with one attached hydrogen (secondary N) is 1. The van der Waals surface area contributed by atoms with Gasteiger partial charge in [-0.15, -0.1) is 0 Å². The number of hydrogen-bond acceptors (Lipinski definition) is 4. The van der Waals surface area contributed by atoms with Crippen molar-refractivity contribution in [3.63, 3.8) is 0 Å². The Labute approximate surface area is 167 Å². The molecular formula is C21H28N2O4S. The molecule has 1 N–H and O–H groups in total. The number of rotatable bonds is 7. The second-order valence-corrected chi connectivity index (χ2v) is 8.88. The summed E-state index contributed by atoms with van der Waals surface area (Å²) < 4.78 is 31.0. The monoisotopic (exact) mass is 404 g/mol. The van der Waals surface area contributed by atoms with Crippen molar-refractivity contribution in [2.24, 2.45) is 0 Å². The zero-order chi connectivity index (χ0) is 21.1. The van der Waals surface area contributed by atoms with Crippen molar-refractivity contribution in [3.8, 4) is 5.75 Å². The maximum atomic E-state index is 12.9. The Morgan fingerprint density at radius 1 is 1.07 bits per heavy atom. The fraction of sp³-hybridized carbons (Fsp3) is 0.381. The highest BCUT2D eigenvalue weighted by atomic mass is 32.2. The summed E-state index contributed by atoms with van der Waals surface area (Å²) in [5.41, 5.74) is 3.59. The Bertz CT molecular complexity index is 939. The lowest BCUT2D eigenvalue weighted by molar-refractivity contribution is -0.122. The number of carbonyl (C=O) groups is 1. The second kappa shape index (κ2) is 8.65. The minimum atomic E-state index is -3.67. The van der Waals surface area contributed by atoms with Crippen LogP contribution in [-0.4, -0.2) is 33.7 Å². The van der Waals surface area contributed by atoms with Crippen molar-refractivity contribution in [1.82, 2.24) is 5.32 Å². The number of nitrogens with zero attached hydrogens (tertiary/aromatic N) is 1. The number of amides is 1. The van der Waals surface area contributed by atoms with Crippen LogP contribution in [-0.2, 0) is 14.8 Å². The van der Waals surface area contributed by atoms with E-state index in [2.05, 4.69) is 5.32 Å². The lowest BCUT2D eigenvalue weighted by Gasteiger charge is -2.29. The summed E-state index contributed by atoms with van der Waals surface area (Å²) in [6, 6.07) is 11.5. The van der Waals surface area contributed by atoms with Crippen LogP contribution >= 0.6 is 0 Å². The van der Waals surface area contributed by atoms with Crippen molar-refractivity contribution < 1.29 is 17.9 Å². The average molecular weight is 405 g/mol. The van der Waals surface area contributed by atoms with Gasteiger partial charge in [-0.25, -0.2) is 8.42 Å². The number of ether oxygens (including phenoxy) is 1. The van der Waals surface area contributed by atoms with Crippen molar-refractivity contribution in [1.29, 1.82) is 0 Å². The molecule has 2 aromatic rings. The zero-order valence-corrected chi connectivity index (χ0v) is 18.0. The molecule has 2 atom stereocenters. The predicted molar refractivity (Wildman–Crippen MR) is 112 cm³/mol. The highest BCUT2D eigenvalue weighted by molar-refractivity contribution is 7.92. The van der Waals surface area contributed by atoms with Gasteiger partial charge in [-0.2, -0.15) is 0 Å². The minimum absolute atomic E-state index is 0.243. The molecule has 0 heterocycles. The Morgan fingerprint density at radius 2 is 1.68 bits per heavy atom. The first kappa shape index (κ1) is 21.8. The van der Waals surface area contributed by atoms with E-state index < -0.39 is 16.1 Å². The molecule has 6 nitrogen and oxygen atoms in total. The van der Waals surface area contributed by atoms with E-state index in [0.717, 1.165) is 27.3 Å². The molecule has 152 valence electrons. The summed E-state index contributed by atoms with van der Waals surface area (Å²) in [5.74, 6) is 0.243. The summed E-state index contributed by atoms with van der Waals surface area (Å²) in [6.45, 7) is 7.46. The number of carbonyl (C=O) groups excluding carboxylic acids is 1. The molecule has 0 radical (unpaired) electrons. The van der Waals surface area contributed by atoms with Gasteiger partial charge in [0.1, 0.15) is 11.8 Å². The summed E-state index contributed by atoms with van der Waals surface area (Å²) >= 11 is 0. The molecule has 0 bridgehead atoms. The summed E-state index contributed by atoms with van der Waals surface area (Å²) in [5, 5.41) is 2.94. The molecule has 0 aliphatic heterocycles. The average Bonchev–Trinajstić information content (AvgIpc) is 2.63. The zero-order valence-electron chi connectivity index (χ0n) is 17.2. The summed E-state index contributed by atoms with van der Waals surface area (Å²) in [7, 11) is -2.13. The third kappa shape index (κ3) is 5.04. The maximum Gasteiger partial charge on any atom is 0.244 e. The van der Waals surface area contributed by atoms with Gasteiger partial charge >= 0.3 is 0 Å². The quantitative estimate of drug-likeness (QED) is 0.768. The van der Waals surface area contributed by atoms with Gasteiger partial charge < -0.3 is 10.1 Å². The molecule has 0 unspecified atom stereocenters. The van der Waals surface area contributed by atoms with Crippen LogP contribution in [0.1, 0.15) is 36.6 Å². The highest BCUT2D eigenvalue weighted by Crippen LogP contribution is 2.25. The largest absolute Gasteiger partial charge is 0.497 e.